The molecule has 0 bridgehead atoms. The van der Waals surface area contributed by atoms with Gasteiger partial charge in [0, 0.05) is 12.5 Å². The van der Waals surface area contributed by atoms with E-state index in [0.717, 1.165) is 28.0 Å². The first-order valence-corrected chi connectivity index (χ1v) is 10.6. The van der Waals surface area contributed by atoms with Gasteiger partial charge in [-0.05, 0) is 77.5 Å². The van der Waals surface area contributed by atoms with E-state index in [9.17, 15) is 10.1 Å². The Bertz CT molecular complexity index is 956. The average molecular weight is 424 g/mol. The number of aromatic nitrogens is 1. The molecule has 156 valence electrons. The lowest BCUT2D eigenvalue weighted by atomic mass is 9.76. The van der Waals surface area contributed by atoms with Gasteiger partial charge in [-0.15, -0.1) is 0 Å². The Labute approximate surface area is 183 Å². The summed E-state index contributed by atoms with van der Waals surface area (Å²) in [6, 6.07) is 10.7. The number of hydrogen-bond donors (Lipinski definition) is 2. The summed E-state index contributed by atoms with van der Waals surface area (Å²) >= 11 is 6.33. The quantitative estimate of drug-likeness (QED) is 0.554. The fourth-order valence-corrected chi connectivity index (χ4v) is 3.74. The topological polar surface area (TPSA) is 62.6 Å². The van der Waals surface area contributed by atoms with Gasteiger partial charge >= 0.3 is 7.12 Å². The molecule has 0 aliphatic carbocycles. The van der Waals surface area contributed by atoms with Gasteiger partial charge < -0.3 is 14.8 Å². The van der Waals surface area contributed by atoms with Crippen molar-refractivity contribution in [3.05, 3.63) is 82.7 Å². The maximum atomic E-state index is 10.0. The molecule has 0 spiro atoms. The molecule has 30 heavy (non-hydrogen) atoms. The maximum absolute atomic E-state index is 10.0. The summed E-state index contributed by atoms with van der Waals surface area (Å²) in [6.07, 6.45) is 7.39. The van der Waals surface area contributed by atoms with E-state index in [-0.39, 0.29) is 11.9 Å². The van der Waals surface area contributed by atoms with Crippen molar-refractivity contribution < 1.29 is 14.8 Å². The monoisotopic (exact) mass is 423 g/mol. The van der Waals surface area contributed by atoms with E-state index < -0.39 is 7.12 Å². The Morgan fingerprint density at radius 3 is 2.83 bits per heavy atom. The van der Waals surface area contributed by atoms with Gasteiger partial charge in [0.2, 0.25) is 0 Å². The second-order valence-corrected chi connectivity index (χ2v) is 8.19. The van der Waals surface area contributed by atoms with Crippen LogP contribution in [-0.2, 0) is 4.65 Å². The van der Waals surface area contributed by atoms with Crippen LogP contribution in [0, 0.1) is 5.92 Å². The highest BCUT2D eigenvalue weighted by Crippen LogP contribution is 2.33. The van der Waals surface area contributed by atoms with Gasteiger partial charge in [-0.2, -0.15) is 0 Å². The summed E-state index contributed by atoms with van der Waals surface area (Å²) in [4.78, 5) is 4.50. The molecule has 1 atom stereocenters. The standard InChI is InChI=1S/C24H27BClNO3/c1-16(2)17(3)21-11-12-25(29)30-24(21)10-8-19(23-6-4-5-13-27-23)14-18-7-9-20(28)15-22(18)26/h4-7,9,11,13-16,24,28-29H,3,8,10,12H2,1-2H3/b19-14-. The molecule has 0 radical (unpaired) electrons. The van der Waals surface area contributed by atoms with Gasteiger partial charge in [0.1, 0.15) is 5.75 Å². The van der Waals surface area contributed by atoms with E-state index >= 15 is 0 Å². The van der Waals surface area contributed by atoms with Crippen molar-refractivity contribution in [1.29, 1.82) is 0 Å². The van der Waals surface area contributed by atoms with Crippen LogP contribution in [0.15, 0.2) is 66.4 Å². The number of halogens is 1. The van der Waals surface area contributed by atoms with Crippen molar-refractivity contribution in [2.24, 2.45) is 5.92 Å². The maximum Gasteiger partial charge on any atom is 0.458 e. The van der Waals surface area contributed by atoms with Crippen LogP contribution in [0.4, 0.5) is 0 Å². The first-order chi connectivity index (χ1) is 14.3. The zero-order valence-electron chi connectivity index (χ0n) is 17.4. The second kappa shape index (κ2) is 10.1. The third-order valence-electron chi connectivity index (χ3n) is 5.26. The molecular formula is C24H27BClNO3. The van der Waals surface area contributed by atoms with Crippen molar-refractivity contribution in [1.82, 2.24) is 4.98 Å². The highest BCUT2D eigenvalue weighted by atomic mass is 35.5. The van der Waals surface area contributed by atoms with Gasteiger partial charge in [-0.1, -0.05) is 44.2 Å². The smallest absolute Gasteiger partial charge is 0.458 e. The fourth-order valence-electron chi connectivity index (χ4n) is 3.51. The normalized spacial score (nSPS) is 17.2. The number of rotatable bonds is 7. The van der Waals surface area contributed by atoms with Crippen LogP contribution in [-0.4, -0.2) is 28.3 Å². The zero-order valence-corrected chi connectivity index (χ0v) is 18.1. The summed E-state index contributed by atoms with van der Waals surface area (Å²) in [5.41, 5.74) is 4.77. The van der Waals surface area contributed by atoms with Crippen LogP contribution in [0.1, 0.15) is 37.9 Å². The Balaban J connectivity index is 1.88. The first kappa shape index (κ1) is 22.4. The Morgan fingerprint density at radius 2 is 2.17 bits per heavy atom. The molecule has 1 aromatic heterocycles. The molecule has 0 fully saturated rings. The molecule has 0 saturated carbocycles. The predicted octanol–water partition coefficient (Wildman–Crippen LogP) is 5.78. The lowest BCUT2D eigenvalue weighted by Crippen LogP contribution is -2.32. The number of allylic oxidation sites excluding steroid dienone is 2. The molecule has 1 aromatic carbocycles. The predicted molar refractivity (Wildman–Crippen MR) is 124 cm³/mol. The molecule has 0 saturated heterocycles. The largest absolute Gasteiger partial charge is 0.508 e. The molecule has 2 aromatic rings. The van der Waals surface area contributed by atoms with Crippen LogP contribution < -0.4 is 0 Å². The minimum Gasteiger partial charge on any atom is -0.508 e. The van der Waals surface area contributed by atoms with Crippen LogP contribution in [0.2, 0.25) is 11.3 Å². The molecule has 1 aliphatic heterocycles. The summed E-state index contributed by atoms with van der Waals surface area (Å²) in [5.74, 6) is 0.433. The molecule has 6 heteroatoms. The van der Waals surface area contributed by atoms with E-state index in [1.807, 2.05) is 30.4 Å². The highest BCUT2D eigenvalue weighted by molar-refractivity contribution is 6.43. The van der Waals surface area contributed by atoms with Gasteiger partial charge in [-0.3, -0.25) is 4.98 Å². The van der Waals surface area contributed by atoms with Crippen molar-refractivity contribution in [3.63, 3.8) is 0 Å². The number of pyridine rings is 1. The van der Waals surface area contributed by atoms with E-state index in [1.165, 1.54) is 6.07 Å². The van der Waals surface area contributed by atoms with Crippen molar-refractivity contribution in [3.8, 4) is 5.75 Å². The summed E-state index contributed by atoms with van der Waals surface area (Å²) in [6.45, 7) is 8.44. The number of nitrogens with zero attached hydrogens (tertiary/aromatic N) is 1. The Hall–Kier alpha value is -2.34. The summed E-state index contributed by atoms with van der Waals surface area (Å²) < 4.78 is 5.87. The lowest BCUT2D eigenvalue weighted by molar-refractivity contribution is 0.183. The minimum atomic E-state index is -0.799. The number of hydrogen-bond acceptors (Lipinski definition) is 4. The van der Waals surface area contributed by atoms with Crippen LogP contribution in [0.5, 0.6) is 5.75 Å². The third-order valence-corrected chi connectivity index (χ3v) is 5.59. The Morgan fingerprint density at radius 1 is 1.37 bits per heavy atom. The molecule has 1 aliphatic rings. The average Bonchev–Trinajstić information content (AvgIpc) is 2.72. The number of aromatic hydroxyl groups is 1. The van der Waals surface area contributed by atoms with Crippen LogP contribution in [0.25, 0.3) is 11.6 Å². The summed E-state index contributed by atoms with van der Waals surface area (Å²) in [5, 5.41) is 20.1. The zero-order chi connectivity index (χ0) is 21.7. The van der Waals surface area contributed by atoms with Gasteiger partial charge in [0.15, 0.2) is 0 Å². The number of benzene rings is 1. The number of phenols is 1. The van der Waals surface area contributed by atoms with E-state index in [4.69, 9.17) is 16.3 Å². The lowest BCUT2D eigenvalue weighted by Gasteiger charge is -2.29. The van der Waals surface area contributed by atoms with E-state index in [2.05, 4.69) is 25.4 Å². The minimum absolute atomic E-state index is 0.128. The fraction of sp³-hybridized carbons (Fsp3) is 0.292. The molecule has 2 heterocycles. The van der Waals surface area contributed by atoms with Crippen molar-refractivity contribution >= 4 is 30.4 Å². The number of phenolic OH excluding ortho intramolecular Hbond substituents is 1. The van der Waals surface area contributed by atoms with E-state index in [0.29, 0.717) is 30.1 Å². The highest BCUT2D eigenvalue weighted by Gasteiger charge is 2.29. The van der Waals surface area contributed by atoms with E-state index in [1.54, 1.807) is 18.3 Å². The molecule has 3 rings (SSSR count). The van der Waals surface area contributed by atoms with Crippen LogP contribution in [0.3, 0.4) is 0 Å². The van der Waals surface area contributed by atoms with Gasteiger partial charge in [0.05, 0.1) is 16.8 Å². The first-order valence-electron chi connectivity index (χ1n) is 10.2. The molecule has 1 unspecified atom stereocenters. The second-order valence-electron chi connectivity index (χ2n) is 7.78. The Kier molecular flexibility index (Phi) is 7.54. The SMILES string of the molecule is C=C(C1=CCB(O)OC1CC/C(=C/c1ccc(O)cc1Cl)c1ccccn1)C(C)C. The van der Waals surface area contributed by atoms with Gasteiger partial charge in [-0.25, -0.2) is 0 Å². The molecule has 4 nitrogen and oxygen atoms in total. The molecule has 0 amide bonds. The van der Waals surface area contributed by atoms with Gasteiger partial charge in [0.25, 0.3) is 0 Å². The third kappa shape index (κ3) is 5.63. The van der Waals surface area contributed by atoms with Crippen molar-refractivity contribution in [2.75, 3.05) is 0 Å². The molecule has 2 N–H and O–H groups in total. The van der Waals surface area contributed by atoms with Crippen LogP contribution >= 0.6 is 11.6 Å². The summed E-state index contributed by atoms with van der Waals surface area (Å²) in [7, 11) is -0.799. The molecular weight excluding hydrogens is 397 g/mol. The van der Waals surface area contributed by atoms with Crippen molar-refractivity contribution in [2.45, 2.75) is 39.1 Å².